The number of rotatable bonds is 14. The minimum atomic E-state index is -0.284. The van der Waals surface area contributed by atoms with Gasteiger partial charge in [-0.2, -0.15) is 0 Å². The minimum Gasteiger partial charge on any atom is -0.438 e. The van der Waals surface area contributed by atoms with Gasteiger partial charge in [-0.25, -0.2) is 15.0 Å². The van der Waals surface area contributed by atoms with Gasteiger partial charge in [0.2, 0.25) is 17.7 Å². The number of aromatic nitrogens is 3. The molecule has 2 atom stereocenters. The van der Waals surface area contributed by atoms with Crippen molar-refractivity contribution in [2.24, 2.45) is 11.3 Å². The first-order chi connectivity index (χ1) is 21.5. The second-order valence-corrected chi connectivity index (χ2v) is 12.9. The van der Waals surface area contributed by atoms with Crippen molar-refractivity contribution in [3.63, 3.8) is 0 Å². The van der Waals surface area contributed by atoms with Gasteiger partial charge in [0, 0.05) is 55.4 Å². The number of carbonyl (C=O) groups is 2. The van der Waals surface area contributed by atoms with E-state index in [1.165, 1.54) is 6.42 Å². The SMILES string of the molecule is CCC(=O)CCCCCC(NC(=O)[C@H]1CC12CCN(CC)CC2)c1ncc(-c2ccc(-c3cnc(N4CCC4)nc3)cc2)o1. The zero-order valence-electron chi connectivity index (χ0n) is 26.3. The summed E-state index contributed by atoms with van der Waals surface area (Å²) in [5.74, 6) is 2.54. The summed E-state index contributed by atoms with van der Waals surface area (Å²) < 4.78 is 6.30. The smallest absolute Gasteiger partial charge is 0.225 e. The molecule has 44 heavy (non-hydrogen) atoms. The Morgan fingerprint density at radius 1 is 0.932 bits per heavy atom. The number of amides is 1. The van der Waals surface area contributed by atoms with Crippen LogP contribution in [0.15, 0.2) is 47.3 Å². The molecular formula is C35H46N6O3. The first-order valence-electron chi connectivity index (χ1n) is 16.7. The van der Waals surface area contributed by atoms with E-state index in [0.29, 0.717) is 30.3 Å². The average molecular weight is 599 g/mol. The summed E-state index contributed by atoms with van der Waals surface area (Å²) in [7, 11) is 0. The van der Waals surface area contributed by atoms with Gasteiger partial charge in [0.25, 0.3) is 0 Å². The summed E-state index contributed by atoms with van der Waals surface area (Å²) in [6.45, 7) is 9.41. The molecule has 9 heteroatoms. The molecular weight excluding hydrogens is 552 g/mol. The van der Waals surface area contributed by atoms with Gasteiger partial charge in [0.1, 0.15) is 11.8 Å². The van der Waals surface area contributed by atoms with Crippen LogP contribution in [0.2, 0.25) is 0 Å². The van der Waals surface area contributed by atoms with Crippen LogP contribution in [0.3, 0.4) is 0 Å². The summed E-state index contributed by atoms with van der Waals surface area (Å²) in [4.78, 5) is 43.6. The van der Waals surface area contributed by atoms with E-state index in [1.807, 2.05) is 43.6 Å². The minimum absolute atomic E-state index is 0.0807. The van der Waals surface area contributed by atoms with Gasteiger partial charge in [-0.3, -0.25) is 9.59 Å². The van der Waals surface area contributed by atoms with E-state index in [4.69, 9.17) is 4.42 Å². The molecule has 3 aliphatic rings. The molecule has 2 aliphatic heterocycles. The van der Waals surface area contributed by atoms with Crippen LogP contribution >= 0.6 is 0 Å². The van der Waals surface area contributed by atoms with E-state index in [1.54, 1.807) is 6.20 Å². The van der Waals surface area contributed by atoms with Gasteiger partial charge in [-0.05, 0) is 69.1 Å². The fourth-order valence-electron chi connectivity index (χ4n) is 6.70. The fraction of sp³-hybridized carbons (Fsp3) is 0.571. The summed E-state index contributed by atoms with van der Waals surface area (Å²) in [5, 5.41) is 3.33. The van der Waals surface area contributed by atoms with Crippen molar-refractivity contribution in [1.82, 2.24) is 25.2 Å². The van der Waals surface area contributed by atoms with Crippen LogP contribution in [0.5, 0.6) is 0 Å². The van der Waals surface area contributed by atoms with Crippen molar-refractivity contribution in [2.75, 3.05) is 37.6 Å². The van der Waals surface area contributed by atoms with Crippen LogP contribution in [0.1, 0.15) is 90.0 Å². The molecule has 3 fully saturated rings. The summed E-state index contributed by atoms with van der Waals surface area (Å²) >= 11 is 0. The third kappa shape index (κ3) is 6.88. The number of anilines is 1. The maximum atomic E-state index is 13.5. The summed E-state index contributed by atoms with van der Waals surface area (Å²) in [6.07, 6.45) is 14.6. The Kier molecular flexibility index (Phi) is 9.40. The number of Topliss-reactive ketones (excluding diaryl/α,β-unsaturated/α-hetero) is 1. The van der Waals surface area contributed by atoms with E-state index in [-0.39, 0.29) is 23.3 Å². The van der Waals surface area contributed by atoms with Gasteiger partial charge in [0.05, 0.1) is 6.20 Å². The van der Waals surface area contributed by atoms with E-state index in [9.17, 15) is 9.59 Å². The molecule has 0 radical (unpaired) electrons. The molecule has 2 aromatic heterocycles. The quantitative estimate of drug-likeness (QED) is 0.218. The number of oxazole rings is 1. The van der Waals surface area contributed by atoms with Crippen LogP contribution in [0.4, 0.5) is 5.95 Å². The van der Waals surface area contributed by atoms with Crippen molar-refractivity contribution in [3.05, 3.63) is 48.7 Å². The lowest BCUT2D eigenvalue weighted by atomic mass is 9.90. The number of nitrogens with zero attached hydrogens (tertiary/aromatic N) is 5. The fourth-order valence-corrected chi connectivity index (χ4v) is 6.70. The lowest BCUT2D eigenvalue weighted by molar-refractivity contribution is -0.124. The molecule has 9 nitrogen and oxygen atoms in total. The largest absolute Gasteiger partial charge is 0.438 e. The van der Waals surface area contributed by atoms with Gasteiger partial charge in [-0.1, -0.05) is 51.0 Å². The molecule has 4 heterocycles. The van der Waals surface area contributed by atoms with Crippen LogP contribution < -0.4 is 10.2 Å². The number of unbranched alkanes of at least 4 members (excludes halogenated alkanes) is 2. The van der Waals surface area contributed by atoms with E-state index < -0.39 is 0 Å². The number of hydrogen-bond donors (Lipinski definition) is 1. The highest BCUT2D eigenvalue weighted by Crippen LogP contribution is 2.59. The zero-order chi connectivity index (χ0) is 30.5. The molecule has 1 N–H and O–H groups in total. The Balaban J connectivity index is 1.10. The van der Waals surface area contributed by atoms with Gasteiger partial charge < -0.3 is 19.5 Å². The maximum Gasteiger partial charge on any atom is 0.225 e. The zero-order valence-corrected chi connectivity index (χ0v) is 26.3. The molecule has 234 valence electrons. The van der Waals surface area contributed by atoms with Crippen LogP contribution in [-0.4, -0.2) is 64.3 Å². The Morgan fingerprint density at radius 3 is 2.32 bits per heavy atom. The Hall–Kier alpha value is -3.59. The molecule has 0 bridgehead atoms. The second-order valence-electron chi connectivity index (χ2n) is 12.9. The molecule has 1 saturated carbocycles. The number of benzene rings is 1. The van der Waals surface area contributed by atoms with Gasteiger partial charge >= 0.3 is 0 Å². The van der Waals surface area contributed by atoms with E-state index >= 15 is 0 Å². The number of piperidine rings is 1. The van der Waals surface area contributed by atoms with E-state index in [0.717, 1.165) is 100 Å². The average Bonchev–Trinajstić information content (AvgIpc) is 3.50. The summed E-state index contributed by atoms with van der Waals surface area (Å²) in [6, 6.07) is 7.86. The Morgan fingerprint density at radius 2 is 1.66 bits per heavy atom. The van der Waals surface area contributed by atoms with Crippen LogP contribution in [0, 0.1) is 11.3 Å². The first kappa shape index (κ1) is 30.4. The Labute approximate surface area is 260 Å². The van der Waals surface area contributed by atoms with Crippen molar-refractivity contribution in [1.29, 1.82) is 0 Å². The van der Waals surface area contributed by atoms with Crippen molar-refractivity contribution >= 4 is 17.6 Å². The number of nitrogens with one attached hydrogen (secondary N) is 1. The van der Waals surface area contributed by atoms with Crippen molar-refractivity contribution in [3.8, 4) is 22.5 Å². The highest BCUT2D eigenvalue weighted by molar-refractivity contribution is 5.83. The molecule has 6 rings (SSSR count). The van der Waals surface area contributed by atoms with Crippen LogP contribution in [0.25, 0.3) is 22.5 Å². The molecule has 3 aromatic rings. The second kappa shape index (κ2) is 13.6. The number of ketones is 1. The lowest BCUT2D eigenvalue weighted by Crippen LogP contribution is -2.38. The highest BCUT2D eigenvalue weighted by Gasteiger charge is 2.58. The highest BCUT2D eigenvalue weighted by atomic mass is 16.4. The molecule has 2 saturated heterocycles. The lowest BCUT2D eigenvalue weighted by Gasteiger charge is -2.32. The predicted molar refractivity (Wildman–Crippen MR) is 171 cm³/mol. The van der Waals surface area contributed by atoms with Crippen molar-refractivity contribution < 1.29 is 14.0 Å². The molecule has 1 spiro atoms. The molecule has 1 unspecified atom stereocenters. The number of hydrogen-bond acceptors (Lipinski definition) is 8. The predicted octanol–water partition coefficient (Wildman–Crippen LogP) is 6.22. The summed E-state index contributed by atoms with van der Waals surface area (Å²) in [5.41, 5.74) is 3.11. The van der Waals surface area contributed by atoms with Gasteiger partial charge in [-0.15, -0.1) is 0 Å². The molecule has 1 amide bonds. The topological polar surface area (TPSA) is 104 Å². The third-order valence-corrected chi connectivity index (χ3v) is 10.1. The molecule has 1 aromatic carbocycles. The van der Waals surface area contributed by atoms with E-state index in [2.05, 4.69) is 37.0 Å². The monoisotopic (exact) mass is 598 g/mol. The maximum absolute atomic E-state index is 13.5. The van der Waals surface area contributed by atoms with Gasteiger partial charge in [0.15, 0.2) is 5.76 Å². The molecule has 1 aliphatic carbocycles. The standard InChI is InChI=1S/C35H46N6O3/c1-3-28(42)9-6-5-7-10-30(39-32(43)29-21-35(29)15-19-40(4-2)20-16-35)33-36-24-31(44-33)26-13-11-25(12-14-26)27-22-37-34(38-23-27)41-17-8-18-41/h11-14,22-24,29-30H,3-10,15-21H2,1-2H3,(H,39,43)/t29-,30?/m1/s1. The number of likely N-dealkylation sites (tertiary alicyclic amines) is 1. The first-order valence-corrected chi connectivity index (χ1v) is 16.7. The number of carbonyl (C=O) groups excluding carboxylic acids is 2. The third-order valence-electron chi connectivity index (χ3n) is 10.1. The normalized spacial score (nSPS) is 19.9. The van der Waals surface area contributed by atoms with Crippen LogP contribution in [-0.2, 0) is 9.59 Å². The van der Waals surface area contributed by atoms with Crippen molar-refractivity contribution in [2.45, 2.75) is 84.1 Å². The Bertz CT molecular complexity index is 1410.